The first kappa shape index (κ1) is 30.8. The third kappa shape index (κ3) is 4.57. The SMILES string of the molecule is C1=CCC2Oc3cc(-n4c5c(c6ccccc64)CCCC5)ccc3C3(C2=C1)C1=C(CCCC1)Oc1cc(C2C=C(C4CC=CCC4)C=CC2)ccc13. The standard InChI is InChI=1S/C49H47NO2/c1-2-13-32(14-3-1)33-15-12-16-34(29-33)35-25-27-41-47(30-35)51-45-23-10-6-19-39(45)49(41)40-20-7-11-24-46(40)52-48-31-36(26-28-42(48)49)50-43-21-8-4-17-37(43)38-18-5-9-22-44(38)50/h1-2,4,7-8,11-12,15,17,20-21,25-32,34,46H,3,5-6,9-10,13-14,16,18-19,22-24H2. The molecular weight excluding hydrogens is 635 g/mol. The van der Waals surface area contributed by atoms with E-state index in [1.54, 1.807) is 0 Å². The molecule has 1 spiro atoms. The summed E-state index contributed by atoms with van der Waals surface area (Å²) in [5.41, 5.74) is 13.4. The Kier molecular flexibility index (Phi) is 7.21. The van der Waals surface area contributed by atoms with E-state index in [0.717, 1.165) is 56.4 Å². The lowest BCUT2D eigenvalue weighted by Gasteiger charge is -2.51. The number of aryl methyl sites for hydroxylation is 1. The quantitative estimate of drug-likeness (QED) is 0.201. The van der Waals surface area contributed by atoms with Gasteiger partial charge in [-0.1, -0.05) is 85.0 Å². The Balaban J connectivity index is 1.09. The van der Waals surface area contributed by atoms with Gasteiger partial charge in [0.05, 0.1) is 10.9 Å². The van der Waals surface area contributed by atoms with Gasteiger partial charge in [0, 0.05) is 52.7 Å². The van der Waals surface area contributed by atoms with Crippen LogP contribution in [0.15, 0.2) is 132 Å². The van der Waals surface area contributed by atoms with Gasteiger partial charge in [-0.25, -0.2) is 0 Å². The van der Waals surface area contributed by atoms with E-state index in [1.807, 2.05) is 0 Å². The van der Waals surface area contributed by atoms with Gasteiger partial charge in [0.25, 0.3) is 0 Å². The lowest BCUT2D eigenvalue weighted by atomic mass is 9.57. The second kappa shape index (κ2) is 12.2. The van der Waals surface area contributed by atoms with Crippen molar-refractivity contribution in [2.75, 3.05) is 0 Å². The van der Waals surface area contributed by atoms with Gasteiger partial charge in [-0.05, 0) is 123 Å². The molecule has 1 aromatic heterocycles. The van der Waals surface area contributed by atoms with E-state index >= 15 is 0 Å². The zero-order valence-electron chi connectivity index (χ0n) is 30.1. The highest BCUT2D eigenvalue weighted by atomic mass is 16.5. The van der Waals surface area contributed by atoms with Gasteiger partial charge < -0.3 is 14.0 Å². The van der Waals surface area contributed by atoms with Crippen molar-refractivity contribution in [2.24, 2.45) is 5.92 Å². The molecule has 4 aromatic rings. The van der Waals surface area contributed by atoms with Crippen molar-refractivity contribution in [2.45, 2.75) is 101 Å². The fourth-order valence-corrected chi connectivity index (χ4v) is 11.0. The highest BCUT2D eigenvalue weighted by Gasteiger charge is 2.54. The molecule has 52 heavy (non-hydrogen) atoms. The van der Waals surface area contributed by atoms with Crippen LogP contribution < -0.4 is 9.47 Å². The lowest BCUT2D eigenvalue weighted by Crippen LogP contribution is -2.47. The summed E-state index contributed by atoms with van der Waals surface area (Å²) in [6.07, 6.45) is 33.8. The van der Waals surface area contributed by atoms with Gasteiger partial charge in [0.15, 0.2) is 0 Å². The number of para-hydroxylation sites is 1. The molecule has 260 valence electrons. The summed E-state index contributed by atoms with van der Waals surface area (Å²) in [6, 6.07) is 23.5. The first-order valence-electron chi connectivity index (χ1n) is 20.2. The van der Waals surface area contributed by atoms with E-state index < -0.39 is 5.41 Å². The van der Waals surface area contributed by atoms with Crippen molar-refractivity contribution in [3.8, 4) is 17.2 Å². The molecule has 0 fully saturated rings. The minimum atomic E-state index is -0.399. The number of fused-ring (bicyclic) bond motifs is 10. The highest BCUT2D eigenvalue weighted by molar-refractivity contribution is 5.88. The van der Waals surface area contributed by atoms with Gasteiger partial charge in [-0.2, -0.15) is 0 Å². The molecule has 3 aromatic carbocycles. The lowest BCUT2D eigenvalue weighted by molar-refractivity contribution is 0.195. The van der Waals surface area contributed by atoms with E-state index in [0.29, 0.717) is 11.8 Å². The third-order valence-corrected chi connectivity index (χ3v) is 13.4. The minimum absolute atomic E-state index is 0.0112. The van der Waals surface area contributed by atoms with Gasteiger partial charge in [0.1, 0.15) is 23.4 Å². The predicted octanol–water partition coefficient (Wildman–Crippen LogP) is 12.0. The molecule has 3 heteroatoms. The number of nitrogens with zero attached hydrogens (tertiary/aromatic N) is 1. The maximum atomic E-state index is 7.12. The van der Waals surface area contributed by atoms with Crippen molar-refractivity contribution in [1.29, 1.82) is 0 Å². The van der Waals surface area contributed by atoms with Crippen LogP contribution in [0.4, 0.5) is 0 Å². The summed E-state index contributed by atoms with van der Waals surface area (Å²) in [5.74, 6) is 4.27. The maximum absolute atomic E-state index is 7.12. The number of hydrogen-bond donors (Lipinski definition) is 0. The summed E-state index contributed by atoms with van der Waals surface area (Å²) < 4.78 is 16.7. The molecule has 7 aliphatic rings. The number of aromatic nitrogens is 1. The topological polar surface area (TPSA) is 23.4 Å². The normalized spacial score (nSPS) is 27.1. The molecule has 0 amide bonds. The average Bonchev–Trinajstić information content (AvgIpc) is 3.55. The molecule has 3 nitrogen and oxygen atoms in total. The Morgan fingerprint density at radius 1 is 0.750 bits per heavy atom. The van der Waals surface area contributed by atoms with Gasteiger partial charge >= 0.3 is 0 Å². The van der Waals surface area contributed by atoms with Gasteiger partial charge in [-0.3, -0.25) is 0 Å². The summed E-state index contributed by atoms with van der Waals surface area (Å²) in [6.45, 7) is 0. The van der Waals surface area contributed by atoms with Crippen LogP contribution in [0.25, 0.3) is 16.6 Å². The van der Waals surface area contributed by atoms with E-state index in [2.05, 4.69) is 114 Å². The Morgan fingerprint density at radius 2 is 1.63 bits per heavy atom. The number of benzene rings is 3. The third-order valence-electron chi connectivity index (χ3n) is 13.4. The number of ether oxygens (including phenoxy) is 2. The molecule has 0 N–H and O–H groups in total. The first-order chi connectivity index (χ1) is 25.8. The molecule has 0 saturated carbocycles. The second-order valence-corrected chi connectivity index (χ2v) is 16.2. The second-order valence-electron chi connectivity index (χ2n) is 16.2. The van der Waals surface area contributed by atoms with Crippen molar-refractivity contribution in [3.05, 3.63) is 160 Å². The fourth-order valence-electron chi connectivity index (χ4n) is 11.0. The average molecular weight is 682 g/mol. The smallest absolute Gasteiger partial charge is 0.131 e. The van der Waals surface area contributed by atoms with Crippen molar-refractivity contribution >= 4 is 10.9 Å². The molecule has 3 heterocycles. The molecule has 4 unspecified atom stereocenters. The predicted molar refractivity (Wildman–Crippen MR) is 211 cm³/mol. The van der Waals surface area contributed by atoms with Crippen LogP contribution in [0.5, 0.6) is 11.5 Å². The number of rotatable bonds is 3. The van der Waals surface area contributed by atoms with Crippen molar-refractivity contribution < 1.29 is 9.47 Å². The molecule has 0 radical (unpaired) electrons. The van der Waals surface area contributed by atoms with Crippen LogP contribution in [-0.4, -0.2) is 10.7 Å². The highest BCUT2D eigenvalue weighted by Crippen LogP contribution is 2.61. The van der Waals surface area contributed by atoms with Crippen LogP contribution in [-0.2, 0) is 18.3 Å². The van der Waals surface area contributed by atoms with Crippen molar-refractivity contribution in [1.82, 2.24) is 4.57 Å². The Morgan fingerprint density at radius 3 is 2.60 bits per heavy atom. The molecule has 0 saturated heterocycles. The zero-order valence-corrected chi connectivity index (χ0v) is 30.1. The fraction of sp³-hybridized carbons (Fsp3) is 0.347. The minimum Gasteiger partial charge on any atom is -0.485 e. The summed E-state index contributed by atoms with van der Waals surface area (Å²) >= 11 is 0. The molecule has 2 aliphatic heterocycles. The summed E-state index contributed by atoms with van der Waals surface area (Å²) in [7, 11) is 0. The Labute approximate surface area is 307 Å². The maximum Gasteiger partial charge on any atom is 0.131 e. The first-order valence-corrected chi connectivity index (χ1v) is 20.2. The molecule has 4 atom stereocenters. The van der Waals surface area contributed by atoms with Crippen LogP contribution in [0.1, 0.15) is 104 Å². The Hall–Kier alpha value is -4.76. The van der Waals surface area contributed by atoms with E-state index in [-0.39, 0.29) is 6.10 Å². The van der Waals surface area contributed by atoms with Crippen molar-refractivity contribution in [3.63, 3.8) is 0 Å². The number of hydrogen-bond acceptors (Lipinski definition) is 2. The molecule has 11 rings (SSSR count). The van der Waals surface area contributed by atoms with Crippen LogP contribution in [0, 0.1) is 5.92 Å². The van der Waals surface area contributed by atoms with Gasteiger partial charge in [0.2, 0.25) is 0 Å². The van der Waals surface area contributed by atoms with E-state index in [4.69, 9.17) is 9.47 Å². The largest absolute Gasteiger partial charge is 0.485 e. The molecular formula is C49H47NO2. The molecule has 5 aliphatic carbocycles. The molecule has 0 bridgehead atoms. The summed E-state index contributed by atoms with van der Waals surface area (Å²) in [4.78, 5) is 0. The monoisotopic (exact) mass is 681 g/mol. The van der Waals surface area contributed by atoms with Crippen LogP contribution in [0.2, 0.25) is 0 Å². The van der Waals surface area contributed by atoms with E-state index in [9.17, 15) is 0 Å². The summed E-state index contributed by atoms with van der Waals surface area (Å²) in [5, 5.41) is 1.41. The van der Waals surface area contributed by atoms with Crippen LogP contribution >= 0.6 is 0 Å². The van der Waals surface area contributed by atoms with Gasteiger partial charge in [-0.15, -0.1) is 0 Å². The van der Waals surface area contributed by atoms with Crippen LogP contribution in [0.3, 0.4) is 0 Å². The Bertz CT molecular complexity index is 2320. The zero-order chi connectivity index (χ0) is 34.2. The van der Waals surface area contributed by atoms with E-state index in [1.165, 1.54) is 106 Å². The number of allylic oxidation sites excluding steroid dienone is 10.